The number of aryl methyl sites for hydroxylation is 1. The van der Waals surface area contributed by atoms with E-state index in [0.29, 0.717) is 28.0 Å². The van der Waals surface area contributed by atoms with Crippen molar-refractivity contribution in [1.29, 1.82) is 5.26 Å². The average Bonchev–Trinajstić information content (AvgIpc) is 3.81. The maximum Gasteiger partial charge on any atom is 0.393 e. The van der Waals surface area contributed by atoms with Crippen LogP contribution in [-0.4, -0.2) is 107 Å². The van der Waals surface area contributed by atoms with E-state index in [1.807, 2.05) is 11.9 Å². The molecule has 14 heteroatoms. The number of rotatable bonds is 9. The third-order valence-corrected chi connectivity index (χ3v) is 12.0. The van der Waals surface area contributed by atoms with Crippen LogP contribution in [-0.2, 0) is 19.5 Å². The zero-order valence-corrected chi connectivity index (χ0v) is 28.6. The highest BCUT2D eigenvalue weighted by atomic mass is 32.2. The lowest BCUT2D eigenvalue weighted by molar-refractivity contribution is -0.126. The summed E-state index contributed by atoms with van der Waals surface area (Å²) in [6.45, 7) is 12.6. The maximum atomic E-state index is 13.1. The van der Waals surface area contributed by atoms with E-state index < -0.39 is 12.6 Å². The lowest BCUT2D eigenvalue weighted by Gasteiger charge is -2.33. The summed E-state index contributed by atoms with van der Waals surface area (Å²) in [5.41, 5.74) is 4.37. The molecular weight excluding hydrogens is 644 g/mol. The van der Waals surface area contributed by atoms with E-state index in [2.05, 4.69) is 71.3 Å². The fourth-order valence-electron chi connectivity index (χ4n) is 7.63. The molecule has 7 rings (SSSR count). The first-order chi connectivity index (χ1) is 22.6. The molecule has 9 nitrogen and oxygen atoms in total. The van der Waals surface area contributed by atoms with Gasteiger partial charge in [-0.2, -0.15) is 23.4 Å². The standard InChI is InChI=1S/C33H40F3N9S2/c1-21-22(4-5-29-27(21)12-25(15-37)45(29)11-8-41-6-9-44(46-3)10-7-41)16-42-17-23-19-43(20-24(23)18-42)30-28-13-26(14-33(34,35)36)47-31(28)40-32(38-2)39-30/h4-5,12-13,23-24H,6-11,14,16-20H2,1-3H3,(H,38,39,40). The number of nitrogens with one attached hydrogen (secondary N) is 1. The largest absolute Gasteiger partial charge is 0.393 e. The van der Waals surface area contributed by atoms with Gasteiger partial charge in [-0.15, -0.1) is 11.3 Å². The molecule has 0 bridgehead atoms. The molecule has 0 amide bonds. The number of benzene rings is 1. The summed E-state index contributed by atoms with van der Waals surface area (Å²) >= 11 is 2.91. The van der Waals surface area contributed by atoms with Gasteiger partial charge in [-0.25, -0.2) is 9.29 Å². The smallest absolute Gasteiger partial charge is 0.357 e. The molecule has 250 valence electrons. The van der Waals surface area contributed by atoms with E-state index in [0.717, 1.165) is 106 Å². The van der Waals surface area contributed by atoms with Crippen LogP contribution >= 0.6 is 23.3 Å². The molecular formula is C33H40F3N9S2. The lowest BCUT2D eigenvalue weighted by atomic mass is 10.0. The Kier molecular flexibility index (Phi) is 9.03. The molecule has 3 fully saturated rings. The second-order valence-corrected chi connectivity index (χ2v) is 15.0. The molecule has 0 spiro atoms. The number of fused-ring (bicyclic) bond motifs is 3. The summed E-state index contributed by atoms with van der Waals surface area (Å²) in [6, 6.07) is 10.5. The van der Waals surface area contributed by atoms with Gasteiger partial charge in [0.05, 0.1) is 11.8 Å². The Hall–Kier alpha value is -3.09. The first kappa shape index (κ1) is 32.5. The fourth-order valence-corrected chi connectivity index (χ4v) is 9.21. The van der Waals surface area contributed by atoms with Crippen molar-refractivity contribution in [2.45, 2.75) is 32.6 Å². The van der Waals surface area contributed by atoms with Gasteiger partial charge in [0, 0.05) is 94.8 Å². The molecule has 47 heavy (non-hydrogen) atoms. The Morgan fingerprint density at radius 3 is 2.40 bits per heavy atom. The second-order valence-electron chi connectivity index (χ2n) is 13.0. The monoisotopic (exact) mass is 683 g/mol. The van der Waals surface area contributed by atoms with Crippen molar-refractivity contribution in [3.05, 3.63) is 46.0 Å². The number of anilines is 2. The topological polar surface area (TPSA) is 79.5 Å². The summed E-state index contributed by atoms with van der Waals surface area (Å²) in [5.74, 6) is 2.07. The van der Waals surface area contributed by atoms with Crippen LogP contribution in [0.2, 0.25) is 0 Å². The van der Waals surface area contributed by atoms with E-state index in [1.165, 1.54) is 11.1 Å². The van der Waals surface area contributed by atoms with Gasteiger partial charge in [-0.05, 0) is 54.3 Å². The van der Waals surface area contributed by atoms with Crippen LogP contribution in [0, 0.1) is 30.1 Å². The Bertz CT molecular complexity index is 1790. The van der Waals surface area contributed by atoms with Gasteiger partial charge < -0.3 is 14.8 Å². The maximum absolute atomic E-state index is 13.1. The van der Waals surface area contributed by atoms with Crippen LogP contribution in [0.25, 0.3) is 21.1 Å². The Morgan fingerprint density at radius 1 is 1.00 bits per heavy atom. The second kappa shape index (κ2) is 13.1. The number of alkyl halides is 3. The normalized spacial score (nSPS) is 21.3. The summed E-state index contributed by atoms with van der Waals surface area (Å²) < 4.78 is 44.0. The molecule has 3 saturated heterocycles. The fraction of sp³-hybridized carbons (Fsp3) is 0.545. The number of halogens is 3. The summed E-state index contributed by atoms with van der Waals surface area (Å²) in [5, 5.41) is 14.8. The number of nitriles is 1. The number of piperazine rings is 1. The van der Waals surface area contributed by atoms with Gasteiger partial charge >= 0.3 is 6.18 Å². The minimum Gasteiger partial charge on any atom is -0.357 e. The summed E-state index contributed by atoms with van der Waals surface area (Å²) in [4.78, 5) is 17.3. The van der Waals surface area contributed by atoms with E-state index in [-0.39, 0.29) is 4.88 Å². The highest BCUT2D eigenvalue weighted by molar-refractivity contribution is 7.96. The lowest BCUT2D eigenvalue weighted by Crippen LogP contribution is -2.44. The van der Waals surface area contributed by atoms with Crippen molar-refractivity contribution in [2.75, 3.05) is 82.4 Å². The number of likely N-dealkylation sites (tertiary alicyclic amines) is 1. The molecule has 1 N–H and O–H groups in total. The summed E-state index contributed by atoms with van der Waals surface area (Å²) in [7, 11) is 1.73. The van der Waals surface area contributed by atoms with Gasteiger partial charge in [0.2, 0.25) is 5.95 Å². The Morgan fingerprint density at radius 2 is 1.74 bits per heavy atom. The van der Waals surface area contributed by atoms with Crippen LogP contribution in [0.5, 0.6) is 0 Å². The number of hydrogen-bond donors (Lipinski definition) is 1. The molecule has 1 aromatic carbocycles. The number of aromatic nitrogens is 3. The van der Waals surface area contributed by atoms with Crippen molar-refractivity contribution in [2.24, 2.45) is 11.8 Å². The number of nitrogens with zero attached hydrogens (tertiary/aromatic N) is 8. The minimum atomic E-state index is -4.26. The molecule has 3 aromatic heterocycles. The Labute approximate surface area is 281 Å². The third kappa shape index (κ3) is 6.65. The van der Waals surface area contributed by atoms with E-state index in [4.69, 9.17) is 4.98 Å². The predicted octanol–water partition coefficient (Wildman–Crippen LogP) is 5.44. The number of hydrogen-bond acceptors (Lipinski definition) is 10. The van der Waals surface area contributed by atoms with Gasteiger partial charge in [0.25, 0.3) is 0 Å². The SMILES string of the molecule is CNc1nc(N2CC3CN(Cc4ccc5c(cc(C#N)n5CCN5CCN(SC)CC5)c4C)CC3C2)c2cc(CC(F)(F)F)sc2n1. The first-order valence-electron chi connectivity index (χ1n) is 16.2. The minimum absolute atomic E-state index is 0.260. The van der Waals surface area contributed by atoms with Crippen LogP contribution in [0.15, 0.2) is 24.3 Å². The molecule has 3 aliphatic heterocycles. The van der Waals surface area contributed by atoms with E-state index in [1.54, 1.807) is 13.1 Å². The highest BCUT2D eigenvalue weighted by Gasteiger charge is 2.41. The van der Waals surface area contributed by atoms with Crippen molar-refractivity contribution in [3.8, 4) is 6.07 Å². The van der Waals surface area contributed by atoms with Gasteiger partial charge in [0.15, 0.2) is 0 Å². The van der Waals surface area contributed by atoms with Gasteiger partial charge in [0.1, 0.15) is 22.4 Å². The summed E-state index contributed by atoms with van der Waals surface area (Å²) in [6.07, 6.45) is -3.08. The van der Waals surface area contributed by atoms with Crippen molar-refractivity contribution >= 4 is 56.2 Å². The molecule has 6 heterocycles. The van der Waals surface area contributed by atoms with E-state index >= 15 is 0 Å². The zero-order chi connectivity index (χ0) is 32.9. The predicted molar refractivity (Wildman–Crippen MR) is 184 cm³/mol. The average molecular weight is 684 g/mol. The Balaban J connectivity index is 1.02. The van der Waals surface area contributed by atoms with Crippen molar-refractivity contribution in [3.63, 3.8) is 0 Å². The molecule has 4 aromatic rings. The van der Waals surface area contributed by atoms with Gasteiger partial charge in [-0.1, -0.05) is 18.0 Å². The van der Waals surface area contributed by atoms with Crippen molar-refractivity contribution < 1.29 is 13.2 Å². The van der Waals surface area contributed by atoms with Crippen molar-refractivity contribution in [1.82, 2.24) is 28.6 Å². The quantitative estimate of drug-likeness (QED) is 0.232. The van der Waals surface area contributed by atoms with Crippen LogP contribution in [0.1, 0.15) is 21.7 Å². The molecule has 0 saturated carbocycles. The van der Waals surface area contributed by atoms with Crippen LogP contribution in [0.4, 0.5) is 24.9 Å². The van der Waals surface area contributed by atoms with Crippen LogP contribution < -0.4 is 10.2 Å². The molecule has 3 aliphatic rings. The molecule has 2 unspecified atom stereocenters. The highest BCUT2D eigenvalue weighted by Crippen LogP contribution is 2.40. The van der Waals surface area contributed by atoms with Crippen LogP contribution in [0.3, 0.4) is 0 Å². The third-order valence-electron chi connectivity index (χ3n) is 10.1. The van der Waals surface area contributed by atoms with Gasteiger partial charge in [-0.3, -0.25) is 9.80 Å². The first-order valence-corrected chi connectivity index (χ1v) is 18.2. The molecule has 0 aliphatic carbocycles. The zero-order valence-electron chi connectivity index (χ0n) is 27.0. The number of thiophene rings is 1. The molecule has 0 radical (unpaired) electrons. The molecule has 2 atom stereocenters. The van der Waals surface area contributed by atoms with E-state index in [9.17, 15) is 18.4 Å².